The number of rotatable bonds is 6. The second kappa shape index (κ2) is 5.99. The molecule has 1 saturated carbocycles. The lowest BCUT2D eigenvalue weighted by atomic mass is 9.71. The molecule has 96 valence electrons. The highest BCUT2D eigenvalue weighted by atomic mass is 16.3. The monoisotopic (exact) mass is 229 g/mol. The Morgan fingerprint density at radius 1 is 1.06 bits per heavy atom. The minimum atomic E-state index is -0.491. The predicted molar refractivity (Wildman–Crippen MR) is 66.4 cm³/mol. The highest BCUT2D eigenvalue weighted by Crippen LogP contribution is 2.39. The maximum atomic E-state index is 10.3. The van der Waals surface area contributed by atoms with Gasteiger partial charge in [-0.1, -0.05) is 13.8 Å². The fourth-order valence-electron chi connectivity index (χ4n) is 2.25. The summed E-state index contributed by atoms with van der Waals surface area (Å²) in [7, 11) is 0. The maximum absolute atomic E-state index is 10.3. The Bertz CT molecular complexity index is 194. The quantitative estimate of drug-likeness (QED) is 0.607. The highest BCUT2D eigenvalue weighted by molar-refractivity contribution is 4.90. The van der Waals surface area contributed by atoms with E-state index in [0.717, 1.165) is 45.1 Å². The lowest BCUT2D eigenvalue weighted by molar-refractivity contribution is -0.0242. The minimum Gasteiger partial charge on any atom is -0.396 e. The van der Waals surface area contributed by atoms with Crippen molar-refractivity contribution >= 4 is 0 Å². The Balaban J connectivity index is 2.16. The molecule has 0 amide bonds. The molecule has 0 aromatic rings. The van der Waals surface area contributed by atoms with Crippen molar-refractivity contribution in [2.24, 2.45) is 5.41 Å². The molecular formula is C13H27NO2. The average molecular weight is 229 g/mol. The molecule has 1 aliphatic carbocycles. The summed E-state index contributed by atoms with van der Waals surface area (Å²) in [4.78, 5) is 0. The van der Waals surface area contributed by atoms with E-state index in [1.165, 1.54) is 0 Å². The highest BCUT2D eigenvalue weighted by Gasteiger charge is 2.36. The third-order valence-electron chi connectivity index (χ3n) is 3.75. The van der Waals surface area contributed by atoms with Crippen LogP contribution in [0, 0.1) is 5.41 Å². The molecule has 0 heterocycles. The first-order valence-corrected chi connectivity index (χ1v) is 6.51. The van der Waals surface area contributed by atoms with E-state index < -0.39 is 5.60 Å². The van der Waals surface area contributed by atoms with Crippen LogP contribution in [0.5, 0.6) is 0 Å². The van der Waals surface area contributed by atoms with Crippen LogP contribution in [-0.4, -0.2) is 35.5 Å². The Kier molecular flexibility index (Phi) is 5.22. The van der Waals surface area contributed by atoms with Crippen molar-refractivity contribution in [3.8, 4) is 0 Å². The Morgan fingerprint density at radius 2 is 1.69 bits per heavy atom. The lowest BCUT2D eigenvalue weighted by Crippen LogP contribution is -2.45. The number of unbranched alkanes of at least 4 members (excludes halogenated alkanes) is 1. The molecule has 0 bridgehead atoms. The zero-order valence-electron chi connectivity index (χ0n) is 10.8. The van der Waals surface area contributed by atoms with Crippen LogP contribution in [0.1, 0.15) is 52.4 Å². The van der Waals surface area contributed by atoms with Gasteiger partial charge in [0.2, 0.25) is 0 Å². The largest absolute Gasteiger partial charge is 0.396 e. The summed E-state index contributed by atoms with van der Waals surface area (Å²) in [5.41, 5.74) is -0.0855. The molecule has 16 heavy (non-hydrogen) atoms. The van der Waals surface area contributed by atoms with Crippen molar-refractivity contribution in [2.45, 2.75) is 58.0 Å². The number of hydrogen-bond acceptors (Lipinski definition) is 3. The first-order valence-electron chi connectivity index (χ1n) is 6.51. The van der Waals surface area contributed by atoms with E-state index >= 15 is 0 Å². The number of nitrogens with one attached hydrogen (secondary N) is 1. The molecule has 0 unspecified atom stereocenters. The van der Waals surface area contributed by atoms with Gasteiger partial charge in [0.15, 0.2) is 0 Å². The molecule has 0 aromatic carbocycles. The van der Waals surface area contributed by atoms with Gasteiger partial charge in [0.25, 0.3) is 0 Å². The molecule has 0 spiro atoms. The van der Waals surface area contributed by atoms with E-state index in [0.29, 0.717) is 12.0 Å². The van der Waals surface area contributed by atoms with Crippen LogP contribution in [0.3, 0.4) is 0 Å². The molecule has 0 radical (unpaired) electrons. The van der Waals surface area contributed by atoms with Crippen LogP contribution in [-0.2, 0) is 0 Å². The van der Waals surface area contributed by atoms with E-state index in [1.807, 2.05) is 0 Å². The van der Waals surface area contributed by atoms with Crippen LogP contribution in [0.25, 0.3) is 0 Å². The summed E-state index contributed by atoms with van der Waals surface area (Å²) in [6.45, 7) is 6.42. The molecule has 0 aromatic heterocycles. The van der Waals surface area contributed by atoms with E-state index in [4.69, 9.17) is 5.11 Å². The number of aliphatic hydroxyl groups excluding tert-OH is 1. The van der Waals surface area contributed by atoms with Gasteiger partial charge in [0, 0.05) is 13.2 Å². The third kappa shape index (κ3) is 4.81. The van der Waals surface area contributed by atoms with Gasteiger partial charge in [0.05, 0.1) is 5.60 Å². The van der Waals surface area contributed by atoms with Crippen molar-refractivity contribution in [1.29, 1.82) is 0 Å². The van der Waals surface area contributed by atoms with Crippen LogP contribution in [0.4, 0.5) is 0 Å². The smallest absolute Gasteiger partial charge is 0.0772 e. The van der Waals surface area contributed by atoms with E-state index in [9.17, 15) is 5.11 Å². The summed E-state index contributed by atoms with van der Waals surface area (Å²) in [6.07, 6.45) is 5.88. The van der Waals surface area contributed by atoms with Gasteiger partial charge in [-0.15, -0.1) is 0 Å². The lowest BCUT2D eigenvalue weighted by Gasteiger charge is -2.40. The Morgan fingerprint density at radius 3 is 2.25 bits per heavy atom. The second-order valence-electron chi connectivity index (χ2n) is 6.00. The van der Waals surface area contributed by atoms with Crippen molar-refractivity contribution in [2.75, 3.05) is 19.7 Å². The molecule has 0 saturated heterocycles. The van der Waals surface area contributed by atoms with Gasteiger partial charge in [-0.3, -0.25) is 0 Å². The van der Waals surface area contributed by atoms with Gasteiger partial charge in [-0.2, -0.15) is 0 Å². The van der Waals surface area contributed by atoms with Crippen molar-refractivity contribution in [3.63, 3.8) is 0 Å². The summed E-state index contributed by atoms with van der Waals surface area (Å²) >= 11 is 0. The number of hydrogen-bond donors (Lipinski definition) is 3. The first kappa shape index (κ1) is 13.9. The molecule has 3 N–H and O–H groups in total. The fourth-order valence-corrected chi connectivity index (χ4v) is 2.25. The number of aliphatic hydroxyl groups is 2. The van der Waals surface area contributed by atoms with Crippen molar-refractivity contribution < 1.29 is 10.2 Å². The van der Waals surface area contributed by atoms with Crippen LogP contribution >= 0.6 is 0 Å². The van der Waals surface area contributed by atoms with Gasteiger partial charge < -0.3 is 15.5 Å². The summed E-state index contributed by atoms with van der Waals surface area (Å²) in [5, 5.41) is 22.3. The third-order valence-corrected chi connectivity index (χ3v) is 3.75. The fraction of sp³-hybridized carbons (Fsp3) is 1.00. The first-order chi connectivity index (χ1) is 7.47. The van der Waals surface area contributed by atoms with Crippen molar-refractivity contribution in [3.05, 3.63) is 0 Å². The zero-order valence-corrected chi connectivity index (χ0v) is 10.8. The molecule has 3 nitrogen and oxygen atoms in total. The SMILES string of the molecule is CC1(C)CCC(O)(CNCCCCO)CC1. The normalized spacial score (nSPS) is 23.2. The Labute approximate surface area is 99.3 Å². The van der Waals surface area contributed by atoms with Gasteiger partial charge in [0.1, 0.15) is 0 Å². The summed E-state index contributed by atoms with van der Waals surface area (Å²) in [5.74, 6) is 0. The standard InChI is InChI=1S/C13H27NO2/c1-12(2)5-7-13(16,8-6-12)11-14-9-3-4-10-15/h14-16H,3-11H2,1-2H3. The molecule has 3 heteroatoms. The van der Waals surface area contributed by atoms with Gasteiger partial charge in [-0.05, 0) is 50.5 Å². The Hall–Kier alpha value is -0.120. The van der Waals surface area contributed by atoms with Gasteiger partial charge >= 0.3 is 0 Å². The van der Waals surface area contributed by atoms with E-state index in [-0.39, 0.29) is 6.61 Å². The summed E-state index contributed by atoms with van der Waals surface area (Å²) < 4.78 is 0. The van der Waals surface area contributed by atoms with Crippen LogP contribution in [0.15, 0.2) is 0 Å². The van der Waals surface area contributed by atoms with Crippen LogP contribution in [0.2, 0.25) is 0 Å². The van der Waals surface area contributed by atoms with Crippen molar-refractivity contribution in [1.82, 2.24) is 5.32 Å². The molecular weight excluding hydrogens is 202 g/mol. The maximum Gasteiger partial charge on any atom is 0.0772 e. The van der Waals surface area contributed by atoms with E-state index in [1.54, 1.807) is 0 Å². The molecule has 1 rings (SSSR count). The average Bonchev–Trinajstić information content (AvgIpc) is 2.23. The molecule has 0 aliphatic heterocycles. The zero-order chi connectivity index (χ0) is 12.1. The van der Waals surface area contributed by atoms with E-state index in [2.05, 4.69) is 19.2 Å². The second-order valence-corrected chi connectivity index (χ2v) is 6.00. The minimum absolute atomic E-state index is 0.264. The molecule has 0 atom stereocenters. The predicted octanol–water partition coefficient (Wildman–Crippen LogP) is 1.68. The van der Waals surface area contributed by atoms with Gasteiger partial charge in [-0.25, -0.2) is 0 Å². The molecule has 1 aliphatic rings. The van der Waals surface area contributed by atoms with Crippen LogP contribution < -0.4 is 5.32 Å². The summed E-state index contributed by atoms with van der Waals surface area (Å²) in [6, 6.07) is 0. The molecule has 1 fully saturated rings. The topological polar surface area (TPSA) is 52.5 Å².